The van der Waals surface area contributed by atoms with Gasteiger partial charge in [0.1, 0.15) is 5.82 Å². The molecule has 0 radical (unpaired) electrons. The largest absolute Gasteiger partial charge is 0.351 e. The third-order valence-corrected chi connectivity index (χ3v) is 2.88. The van der Waals surface area contributed by atoms with Crippen LogP contribution in [0.25, 0.3) is 0 Å². The summed E-state index contributed by atoms with van der Waals surface area (Å²) < 4.78 is 12.9. The van der Waals surface area contributed by atoms with Crippen molar-refractivity contribution in [1.29, 1.82) is 0 Å². The minimum atomic E-state index is -0.708. The van der Waals surface area contributed by atoms with Crippen molar-refractivity contribution >= 4 is 34.9 Å². The lowest BCUT2D eigenvalue weighted by Gasteiger charge is -2.08. The molecule has 0 saturated carbocycles. The van der Waals surface area contributed by atoms with E-state index in [1.807, 2.05) is 0 Å². The van der Waals surface area contributed by atoms with Gasteiger partial charge in [0.2, 0.25) is 0 Å². The number of nitrogens with one attached hydrogen (secondary N) is 2. The van der Waals surface area contributed by atoms with Crippen molar-refractivity contribution in [1.82, 2.24) is 0 Å². The van der Waals surface area contributed by atoms with E-state index < -0.39 is 17.8 Å². The molecule has 0 fully saturated rings. The van der Waals surface area contributed by atoms with Crippen LogP contribution in [0.1, 0.15) is 10.4 Å². The summed E-state index contributed by atoms with van der Waals surface area (Å²) >= 11 is 5.82. The number of hydrogen-bond donors (Lipinski definition) is 3. The first-order chi connectivity index (χ1) is 9.95. The first-order valence-corrected chi connectivity index (χ1v) is 6.26. The maximum atomic E-state index is 12.9. The summed E-state index contributed by atoms with van der Waals surface area (Å²) in [6.45, 7) is 0. The minimum Gasteiger partial charge on any atom is -0.351 e. The van der Waals surface area contributed by atoms with E-state index in [1.54, 1.807) is 18.2 Å². The van der Waals surface area contributed by atoms with E-state index in [1.165, 1.54) is 12.1 Å². The molecule has 0 bridgehead atoms. The number of benzene rings is 2. The summed E-state index contributed by atoms with van der Waals surface area (Å²) in [5.74, 6) is -1.01. The lowest BCUT2D eigenvalue weighted by atomic mass is 10.2. The number of carbonyl (C=O) groups excluding carboxylic acids is 2. The van der Waals surface area contributed by atoms with Gasteiger partial charge in [-0.2, -0.15) is 0 Å². The Morgan fingerprint density at radius 3 is 2.33 bits per heavy atom. The number of nitrogens with two attached hydrogens (primary N) is 1. The Hall–Kier alpha value is -2.60. The highest BCUT2D eigenvalue weighted by molar-refractivity contribution is 6.34. The van der Waals surface area contributed by atoms with Gasteiger partial charge in [0, 0.05) is 11.4 Å². The molecule has 0 aliphatic rings. The molecule has 2 rings (SSSR count). The third-order valence-electron chi connectivity index (χ3n) is 2.56. The fourth-order valence-corrected chi connectivity index (χ4v) is 1.94. The topological polar surface area (TPSA) is 84.2 Å². The molecule has 0 aliphatic heterocycles. The van der Waals surface area contributed by atoms with E-state index in [9.17, 15) is 14.0 Å². The summed E-state index contributed by atoms with van der Waals surface area (Å²) in [6, 6.07) is 9.19. The van der Waals surface area contributed by atoms with Gasteiger partial charge < -0.3 is 16.4 Å². The number of primary amides is 1. The number of urea groups is 1. The number of carbonyl (C=O) groups is 2. The van der Waals surface area contributed by atoms with Crippen molar-refractivity contribution in [2.45, 2.75) is 0 Å². The van der Waals surface area contributed by atoms with Crippen LogP contribution in [-0.4, -0.2) is 11.9 Å². The van der Waals surface area contributed by atoms with Crippen LogP contribution in [0.3, 0.4) is 0 Å². The molecule has 0 atom stereocenters. The van der Waals surface area contributed by atoms with E-state index in [0.29, 0.717) is 11.4 Å². The molecule has 0 aliphatic carbocycles. The second-order valence-corrected chi connectivity index (χ2v) is 4.56. The van der Waals surface area contributed by atoms with E-state index in [0.717, 1.165) is 12.1 Å². The first-order valence-electron chi connectivity index (χ1n) is 5.88. The summed E-state index contributed by atoms with van der Waals surface area (Å²) in [7, 11) is 0. The van der Waals surface area contributed by atoms with Crippen LogP contribution in [-0.2, 0) is 0 Å². The Labute approximate surface area is 124 Å². The molecule has 0 unspecified atom stereocenters. The Kier molecular flexibility index (Phi) is 4.39. The lowest BCUT2D eigenvalue weighted by Crippen LogP contribution is -2.19. The predicted octanol–water partition coefficient (Wildman–Crippen LogP) is 3.22. The number of rotatable bonds is 3. The number of anilines is 2. The van der Waals surface area contributed by atoms with Gasteiger partial charge in [-0.1, -0.05) is 17.7 Å². The Bertz CT molecular complexity index is 706. The van der Waals surface area contributed by atoms with Crippen LogP contribution in [0, 0.1) is 5.82 Å². The molecule has 108 valence electrons. The van der Waals surface area contributed by atoms with E-state index in [-0.39, 0.29) is 10.6 Å². The second-order valence-electron chi connectivity index (χ2n) is 4.15. The summed E-state index contributed by atoms with van der Waals surface area (Å²) in [6.07, 6.45) is 0. The molecular weight excluding hydrogens is 297 g/mol. The minimum absolute atomic E-state index is 0.0129. The van der Waals surface area contributed by atoms with Gasteiger partial charge >= 0.3 is 6.03 Å². The molecule has 2 aromatic carbocycles. The van der Waals surface area contributed by atoms with Crippen LogP contribution < -0.4 is 16.4 Å². The average Bonchev–Trinajstić information content (AvgIpc) is 2.37. The van der Waals surface area contributed by atoms with Gasteiger partial charge in [-0.25, -0.2) is 9.18 Å². The Morgan fingerprint density at radius 2 is 1.71 bits per heavy atom. The molecule has 2 aromatic rings. The van der Waals surface area contributed by atoms with Crippen molar-refractivity contribution in [2.75, 3.05) is 10.6 Å². The normalized spacial score (nSPS) is 10.0. The number of halogens is 2. The standard InChI is InChI=1S/C14H11ClFN3O2/c15-12-6-8(16)4-5-11(12)13(20)18-9-2-1-3-10(7-9)19-14(17)21/h1-7H,(H,18,20)(H3,17,19,21). The summed E-state index contributed by atoms with van der Waals surface area (Å²) in [5, 5.41) is 5.00. The fraction of sp³-hybridized carbons (Fsp3) is 0. The van der Waals surface area contributed by atoms with Crippen molar-refractivity contribution in [3.63, 3.8) is 0 Å². The quantitative estimate of drug-likeness (QED) is 0.813. The molecule has 7 heteroatoms. The number of hydrogen-bond acceptors (Lipinski definition) is 2. The van der Waals surface area contributed by atoms with E-state index >= 15 is 0 Å². The van der Waals surface area contributed by atoms with E-state index in [2.05, 4.69) is 10.6 Å². The molecular formula is C14H11ClFN3O2. The van der Waals surface area contributed by atoms with Crippen LogP contribution in [0.4, 0.5) is 20.6 Å². The predicted molar refractivity (Wildman–Crippen MR) is 79.0 cm³/mol. The van der Waals surface area contributed by atoms with E-state index in [4.69, 9.17) is 17.3 Å². The average molecular weight is 308 g/mol. The van der Waals surface area contributed by atoms with Crippen LogP contribution in [0.15, 0.2) is 42.5 Å². The highest BCUT2D eigenvalue weighted by Crippen LogP contribution is 2.20. The summed E-state index contributed by atoms with van der Waals surface area (Å²) in [4.78, 5) is 22.8. The molecule has 0 saturated heterocycles. The van der Waals surface area contributed by atoms with Crippen LogP contribution in [0.2, 0.25) is 5.02 Å². The highest BCUT2D eigenvalue weighted by Gasteiger charge is 2.11. The van der Waals surface area contributed by atoms with Gasteiger partial charge in [-0.15, -0.1) is 0 Å². The van der Waals surface area contributed by atoms with Crippen LogP contribution >= 0.6 is 11.6 Å². The van der Waals surface area contributed by atoms with Crippen LogP contribution in [0.5, 0.6) is 0 Å². The number of amides is 3. The van der Waals surface area contributed by atoms with Gasteiger partial charge in [0.25, 0.3) is 5.91 Å². The molecule has 0 heterocycles. The zero-order valence-corrected chi connectivity index (χ0v) is 11.4. The smallest absolute Gasteiger partial charge is 0.316 e. The SMILES string of the molecule is NC(=O)Nc1cccc(NC(=O)c2ccc(F)cc2Cl)c1. The van der Waals surface area contributed by atoms with Crippen molar-refractivity contribution < 1.29 is 14.0 Å². The van der Waals surface area contributed by atoms with Gasteiger partial charge in [0.15, 0.2) is 0 Å². The highest BCUT2D eigenvalue weighted by atomic mass is 35.5. The lowest BCUT2D eigenvalue weighted by molar-refractivity contribution is 0.102. The molecule has 21 heavy (non-hydrogen) atoms. The van der Waals surface area contributed by atoms with Gasteiger partial charge in [-0.05, 0) is 36.4 Å². The second kappa shape index (κ2) is 6.23. The zero-order chi connectivity index (χ0) is 15.4. The molecule has 0 aromatic heterocycles. The van der Waals surface area contributed by atoms with Crippen molar-refractivity contribution in [3.8, 4) is 0 Å². The Morgan fingerprint density at radius 1 is 1.05 bits per heavy atom. The maximum absolute atomic E-state index is 12.9. The van der Waals surface area contributed by atoms with Gasteiger partial charge in [0.05, 0.1) is 10.6 Å². The van der Waals surface area contributed by atoms with Crippen molar-refractivity contribution in [3.05, 3.63) is 58.9 Å². The molecule has 5 nitrogen and oxygen atoms in total. The summed E-state index contributed by atoms with van der Waals surface area (Å²) in [5.41, 5.74) is 6.03. The first kappa shape index (κ1) is 14.8. The molecule has 4 N–H and O–H groups in total. The fourth-order valence-electron chi connectivity index (χ4n) is 1.69. The van der Waals surface area contributed by atoms with Gasteiger partial charge in [-0.3, -0.25) is 4.79 Å². The maximum Gasteiger partial charge on any atom is 0.316 e. The molecule has 3 amide bonds. The monoisotopic (exact) mass is 307 g/mol. The zero-order valence-electron chi connectivity index (χ0n) is 10.7. The molecule has 0 spiro atoms. The Balaban J connectivity index is 2.17. The third kappa shape index (κ3) is 3.93. The van der Waals surface area contributed by atoms with Crippen molar-refractivity contribution in [2.24, 2.45) is 5.73 Å².